The molecule has 128 valence electrons. The second-order valence-corrected chi connectivity index (χ2v) is 7.80. The first-order valence-corrected chi connectivity index (χ1v) is 10.1. The molecule has 1 saturated heterocycles. The van der Waals surface area contributed by atoms with Crippen molar-refractivity contribution in [3.8, 4) is 0 Å². The van der Waals surface area contributed by atoms with Crippen molar-refractivity contribution in [2.45, 2.75) is 25.3 Å². The molecule has 0 aromatic heterocycles. The summed E-state index contributed by atoms with van der Waals surface area (Å²) in [7, 11) is 0. The molecule has 0 spiro atoms. The third-order valence-electron chi connectivity index (χ3n) is 4.98. The van der Waals surface area contributed by atoms with Crippen LogP contribution in [0.3, 0.4) is 0 Å². The summed E-state index contributed by atoms with van der Waals surface area (Å²) >= 11 is 2.01. The summed E-state index contributed by atoms with van der Waals surface area (Å²) in [4.78, 5) is 13.1. The number of hydrogen-bond acceptors (Lipinski definition) is 3. The first kappa shape index (κ1) is 16.4. The molecule has 2 aliphatic heterocycles. The van der Waals surface area contributed by atoms with Gasteiger partial charge in [-0.05, 0) is 36.3 Å². The van der Waals surface area contributed by atoms with Gasteiger partial charge in [-0.2, -0.15) is 16.9 Å². The Morgan fingerprint density at radius 2 is 1.76 bits per heavy atom. The molecule has 4 rings (SSSR count). The standard InChI is InChI=1S/C21H22N2OS/c24-21(17-10-5-2-6-11-17)23-20(16-8-3-1-4-9-16)14-19(22-23)18-12-7-13-25-15-18/h1-6,8-11,18,20H,7,12-15H2. The maximum atomic E-state index is 13.1. The Labute approximate surface area is 153 Å². The summed E-state index contributed by atoms with van der Waals surface area (Å²) < 4.78 is 0. The fraction of sp³-hybridized carbons (Fsp3) is 0.333. The fourth-order valence-electron chi connectivity index (χ4n) is 3.62. The molecule has 1 amide bonds. The lowest BCUT2D eigenvalue weighted by Gasteiger charge is -2.22. The summed E-state index contributed by atoms with van der Waals surface area (Å²) in [6.07, 6.45) is 3.30. The van der Waals surface area contributed by atoms with E-state index in [2.05, 4.69) is 12.1 Å². The molecule has 1 fully saturated rings. The molecule has 4 heteroatoms. The molecule has 25 heavy (non-hydrogen) atoms. The van der Waals surface area contributed by atoms with E-state index in [1.165, 1.54) is 24.3 Å². The Morgan fingerprint density at radius 1 is 1.04 bits per heavy atom. The predicted octanol–water partition coefficient (Wildman–Crippen LogP) is 4.77. The number of amides is 1. The molecule has 0 radical (unpaired) electrons. The molecule has 2 aromatic carbocycles. The van der Waals surface area contributed by atoms with Gasteiger partial charge in [-0.25, -0.2) is 5.01 Å². The molecule has 2 unspecified atom stereocenters. The number of carbonyl (C=O) groups excluding carboxylic acids is 1. The van der Waals surface area contributed by atoms with E-state index in [1.54, 1.807) is 5.01 Å². The average molecular weight is 350 g/mol. The highest BCUT2D eigenvalue weighted by molar-refractivity contribution is 7.99. The minimum absolute atomic E-state index is 0.00656. The van der Waals surface area contributed by atoms with Gasteiger partial charge in [0, 0.05) is 29.4 Å². The molecule has 2 aromatic rings. The van der Waals surface area contributed by atoms with Gasteiger partial charge in [0.15, 0.2) is 0 Å². The van der Waals surface area contributed by atoms with Crippen LogP contribution in [0, 0.1) is 5.92 Å². The Hall–Kier alpha value is -2.07. The van der Waals surface area contributed by atoms with Gasteiger partial charge in [-0.1, -0.05) is 48.5 Å². The van der Waals surface area contributed by atoms with Crippen molar-refractivity contribution in [1.29, 1.82) is 0 Å². The van der Waals surface area contributed by atoms with Crippen molar-refractivity contribution in [1.82, 2.24) is 5.01 Å². The van der Waals surface area contributed by atoms with Crippen molar-refractivity contribution in [3.63, 3.8) is 0 Å². The number of hydrazone groups is 1. The molecule has 3 nitrogen and oxygen atoms in total. The van der Waals surface area contributed by atoms with Gasteiger partial charge < -0.3 is 0 Å². The maximum absolute atomic E-state index is 13.1. The first-order valence-electron chi connectivity index (χ1n) is 8.91. The molecule has 2 heterocycles. The van der Waals surface area contributed by atoms with Gasteiger partial charge in [0.2, 0.25) is 0 Å². The topological polar surface area (TPSA) is 32.7 Å². The lowest BCUT2D eigenvalue weighted by Crippen LogP contribution is -2.27. The Bertz CT molecular complexity index is 754. The lowest BCUT2D eigenvalue weighted by molar-refractivity contribution is 0.0711. The maximum Gasteiger partial charge on any atom is 0.274 e. The quantitative estimate of drug-likeness (QED) is 0.798. The highest BCUT2D eigenvalue weighted by Crippen LogP contribution is 2.36. The number of nitrogens with zero attached hydrogens (tertiary/aromatic N) is 2. The van der Waals surface area contributed by atoms with Crippen LogP contribution in [-0.4, -0.2) is 28.1 Å². The Morgan fingerprint density at radius 3 is 2.44 bits per heavy atom. The first-order chi connectivity index (χ1) is 12.3. The van der Waals surface area contributed by atoms with Crippen LogP contribution in [0.25, 0.3) is 0 Å². The Kier molecular flexibility index (Phi) is 4.88. The van der Waals surface area contributed by atoms with Crippen molar-refractivity contribution < 1.29 is 4.79 Å². The monoisotopic (exact) mass is 350 g/mol. The second kappa shape index (κ2) is 7.44. The van der Waals surface area contributed by atoms with Crippen LogP contribution in [0.2, 0.25) is 0 Å². The second-order valence-electron chi connectivity index (χ2n) is 6.65. The van der Waals surface area contributed by atoms with Gasteiger partial charge in [-0.3, -0.25) is 4.79 Å². The van der Waals surface area contributed by atoms with E-state index < -0.39 is 0 Å². The third-order valence-corrected chi connectivity index (χ3v) is 6.19. The van der Waals surface area contributed by atoms with Crippen LogP contribution < -0.4 is 0 Å². The average Bonchev–Trinajstić information content (AvgIpc) is 3.15. The van der Waals surface area contributed by atoms with Crippen LogP contribution in [0.5, 0.6) is 0 Å². The summed E-state index contributed by atoms with van der Waals surface area (Å²) in [6.45, 7) is 0. The van der Waals surface area contributed by atoms with Crippen LogP contribution in [0.4, 0.5) is 0 Å². The molecule has 0 saturated carbocycles. The van der Waals surface area contributed by atoms with Crippen LogP contribution in [0.15, 0.2) is 65.8 Å². The zero-order chi connectivity index (χ0) is 17.1. The molecule has 2 aliphatic rings. The van der Waals surface area contributed by atoms with Crippen molar-refractivity contribution in [2.75, 3.05) is 11.5 Å². The lowest BCUT2D eigenvalue weighted by atomic mass is 9.93. The smallest absolute Gasteiger partial charge is 0.267 e. The summed E-state index contributed by atoms with van der Waals surface area (Å²) in [5.74, 6) is 2.89. The van der Waals surface area contributed by atoms with Gasteiger partial charge in [-0.15, -0.1) is 0 Å². The van der Waals surface area contributed by atoms with E-state index in [1.807, 2.05) is 60.3 Å². The molecular formula is C21H22N2OS. The number of hydrogen-bond donors (Lipinski definition) is 0. The normalized spacial score (nSPS) is 23.4. The van der Waals surface area contributed by atoms with E-state index in [0.717, 1.165) is 17.7 Å². The number of thioether (sulfide) groups is 1. The van der Waals surface area contributed by atoms with Gasteiger partial charge in [0.25, 0.3) is 5.91 Å². The predicted molar refractivity (Wildman–Crippen MR) is 104 cm³/mol. The van der Waals surface area contributed by atoms with Gasteiger partial charge in [0.05, 0.1) is 6.04 Å². The van der Waals surface area contributed by atoms with E-state index in [4.69, 9.17) is 5.10 Å². The minimum Gasteiger partial charge on any atom is -0.267 e. The van der Waals surface area contributed by atoms with Gasteiger partial charge in [0.1, 0.15) is 0 Å². The van der Waals surface area contributed by atoms with Crippen molar-refractivity contribution >= 4 is 23.4 Å². The molecule has 2 atom stereocenters. The van der Waals surface area contributed by atoms with E-state index in [9.17, 15) is 4.79 Å². The summed E-state index contributed by atoms with van der Waals surface area (Å²) in [6, 6.07) is 19.8. The molecular weight excluding hydrogens is 328 g/mol. The van der Waals surface area contributed by atoms with Crippen LogP contribution in [0.1, 0.15) is 41.2 Å². The van der Waals surface area contributed by atoms with Crippen LogP contribution in [-0.2, 0) is 0 Å². The molecule has 0 N–H and O–H groups in total. The zero-order valence-corrected chi connectivity index (χ0v) is 15.0. The third kappa shape index (κ3) is 3.49. The number of rotatable bonds is 3. The minimum atomic E-state index is -0.00656. The summed E-state index contributed by atoms with van der Waals surface area (Å²) in [5.41, 5.74) is 3.06. The SMILES string of the molecule is O=C(c1ccccc1)N1N=C(C2CCCSC2)CC1c1ccccc1. The van der Waals surface area contributed by atoms with Crippen LogP contribution >= 0.6 is 11.8 Å². The Balaban J connectivity index is 1.65. The largest absolute Gasteiger partial charge is 0.274 e. The number of benzene rings is 2. The van der Waals surface area contributed by atoms with Gasteiger partial charge >= 0.3 is 0 Å². The van der Waals surface area contributed by atoms with E-state index in [0.29, 0.717) is 11.5 Å². The highest BCUT2D eigenvalue weighted by atomic mass is 32.2. The highest BCUT2D eigenvalue weighted by Gasteiger charge is 2.36. The molecule has 0 aliphatic carbocycles. The molecule has 0 bridgehead atoms. The zero-order valence-electron chi connectivity index (χ0n) is 14.2. The summed E-state index contributed by atoms with van der Waals surface area (Å²) in [5, 5.41) is 6.55. The fourth-order valence-corrected chi connectivity index (χ4v) is 4.80. The van der Waals surface area contributed by atoms with Crippen molar-refractivity contribution in [3.05, 3.63) is 71.8 Å². The van der Waals surface area contributed by atoms with E-state index >= 15 is 0 Å². The van der Waals surface area contributed by atoms with Crippen molar-refractivity contribution in [2.24, 2.45) is 11.0 Å². The van der Waals surface area contributed by atoms with E-state index in [-0.39, 0.29) is 11.9 Å². The number of carbonyl (C=O) groups is 1.